The largest absolute Gasteiger partial charge is 0.364 e. The minimum atomic E-state index is -0.626. The quantitative estimate of drug-likeness (QED) is 0.774. The van der Waals surface area contributed by atoms with Crippen molar-refractivity contribution in [2.75, 3.05) is 0 Å². The summed E-state index contributed by atoms with van der Waals surface area (Å²) >= 11 is 0. The van der Waals surface area contributed by atoms with Crippen LogP contribution in [0, 0.1) is 0 Å². The van der Waals surface area contributed by atoms with Crippen molar-refractivity contribution in [3.63, 3.8) is 0 Å². The van der Waals surface area contributed by atoms with Gasteiger partial charge in [0.05, 0.1) is 0 Å². The minimum absolute atomic E-state index is 0.212. The zero-order valence-electron chi connectivity index (χ0n) is 12.3. The molecular weight excluding hydrogens is 290 g/mol. The Labute approximate surface area is 133 Å². The van der Waals surface area contributed by atoms with Gasteiger partial charge in [0, 0.05) is 11.3 Å². The second-order valence-corrected chi connectivity index (χ2v) is 5.06. The van der Waals surface area contributed by atoms with Gasteiger partial charge in [0.2, 0.25) is 0 Å². The molecule has 0 radical (unpaired) electrons. The van der Waals surface area contributed by atoms with E-state index >= 15 is 0 Å². The highest BCUT2D eigenvalue weighted by atomic mass is 16.2. The first-order valence-corrected chi connectivity index (χ1v) is 7.06. The fourth-order valence-electron chi connectivity index (χ4n) is 2.62. The van der Waals surface area contributed by atoms with Crippen LogP contribution >= 0.6 is 0 Å². The van der Waals surface area contributed by atoms with E-state index in [-0.39, 0.29) is 11.4 Å². The van der Waals surface area contributed by atoms with Gasteiger partial charge in [0.15, 0.2) is 0 Å². The van der Waals surface area contributed by atoms with Crippen LogP contribution in [0.1, 0.15) is 21.0 Å². The summed E-state index contributed by atoms with van der Waals surface area (Å²) < 4.78 is 1.51. The van der Waals surface area contributed by atoms with Crippen LogP contribution in [-0.2, 0) is 0 Å². The molecule has 5 nitrogen and oxygen atoms in total. The fourth-order valence-corrected chi connectivity index (χ4v) is 2.62. The summed E-state index contributed by atoms with van der Waals surface area (Å²) in [5.41, 5.74) is 13.6. The van der Waals surface area contributed by atoms with E-state index in [0.717, 1.165) is 5.56 Å². The van der Waals surface area contributed by atoms with Gasteiger partial charge >= 0.3 is 0 Å². The number of aromatic nitrogens is 1. The maximum Gasteiger partial charge on any atom is 0.266 e. The molecule has 0 unspecified atom stereocenters. The van der Waals surface area contributed by atoms with Crippen molar-refractivity contribution in [1.82, 2.24) is 4.57 Å². The molecule has 2 amide bonds. The molecule has 0 spiro atoms. The van der Waals surface area contributed by atoms with Gasteiger partial charge in [-0.2, -0.15) is 0 Å². The number of nitrogens with zero attached hydrogens (tertiary/aromatic N) is 1. The van der Waals surface area contributed by atoms with Crippen LogP contribution in [0.25, 0.3) is 16.8 Å². The van der Waals surface area contributed by atoms with Crippen molar-refractivity contribution >= 4 is 11.8 Å². The number of nitrogens with two attached hydrogens (primary N) is 2. The Kier molecular flexibility index (Phi) is 3.68. The van der Waals surface area contributed by atoms with Crippen molar-refractivity contribution < 1.29 is 9.59 Å². The van der Waals surface area contributed by atoms with Gasteiger partial charge in [-0.3, -0.25) is 9.59 Å². The highest BCUT2D eigenvalue weighted by Gasteiger charge is 2.23. The molecule has 1 heterocycles. The first-order chi connectivity index (χ1) is 11.1. The molecule has 0 aliphatic heterocycles. The molecule has 0 bridgehead atoms. The summed E-state index contributed by atoms with van der Waals surface area (Å²) in [6, 6.07) is 19.9. The monoisotopic (exact) mass is 305 g/mol. The van der Waals surface area contributed by atoms with Crippen LogP contribution in [0.3, 0.4) is 0 Å². The molecule has 1 aromatic heterocycles. The third-order valence-corrected chi connectivity index (χ3v) is 3.59. The number of carbonyl (C=O) groups excluding carboxylic acids is 2. The maximum absolute atomic E-state index is 12.1. The molecular formula is C18H15N3O2. The number of hydrogen-bond acceptors (Lipinski definition) is 2. The SMILES string of the molecule is NC(=O)c1cc(-c2ccccc2)c(C(N)=O)n1-c1ccccc1. The Bertz CT molecular complexity index is 868. The molecule has 0 aliphatic rings. The molecule has 0 saturated heterocycles. The van der Waals surface area contributed by atoms with Crippen LogP contribution in [0.5, 0.6) is 0 Å². The van der Waals surface area contributed by atoms with Crippen molar-refractivity contribution in [1.29, 1.82) is 0 Å². The van der Waals surface area contributed by atoms with E-state index < -0.39 is 11.8 Å². The highest BCUT2D eigenvalue weighted by molar-refractivity contribution is 6.04. The van der Waals surface area contributed by atoms with E-state index in [2.05, 4.69) is 0 Å². The molecule has 5 heteroatoms. The summed E-state index contributed by atoms with van der Waals surface area (Å²) in [6.45, 7) is 0. The number of carbonyl (C=O) groups is 2. The van der Waals surface area contributed by atoms with E-state index in [0.29, 0.717) is 11.3 Å². The van der Waals surface area contributed by atoms with Gasteiger partial charge in [-0.25, -0.2) is 0 Å². The van der Waals surface area contributed by atoms with Gasteiger partial charge in [-0.15, -0.1) is 0 Å². The van der Waals surface area contributed by atoms with Crippen molar-refractivity contribution in [3.05, 3.63) is 78.1 Å². The average Bonchev–Trinajstić information content (AvgIpc) is 2.97. The van der Waals surface area contributed by atoms with Gasteiger partial charge in [-0.05, 0) is 23.8 Å². The van der Waals surface area contributed by atoms with Crippen LogP contribution < -0.4 is 11.5 Å². The minimum Gasteiger partial charge on any atom is -0.364 e. The molecule has 3 aromatic rings. The molecule has 0 fully saturated rings. The molecule has 23 heavy (non-hydrogen) atoms. The summed E-state index contributed by atoms with van der Waals surface area (Å²) in [4.78, 5) is 23.9. The third-order valence-electron chi connectivity index (χ3n) is 3.59. The van der Waals surface area contributed by atoms with Crippen LogP contribution in [0.15, 0.2) is 66.7 Å². The Hall–Kier alpha value is -3.34. The zero-order valence-corrected chi connectivity index (χ0v) is 12.3. The van der Waals surface area contributed by atoms with Crippen LogP contribution in [0.2, 0.25) is 0 Å². The Morgan fingerprint density at radius 3 is 1.87 bits per heavy atom. The standard InChI is InChI=1S/C18H15N3O2/c19-17(22)15-11-14(12-7-3-1-4-8-12)16(18(20)23)21(15)13-9-5-2-6-10-13/h1-11H,(H2,19,22)(H2,20,23). The summed E-state index contributed by atoms with van der Waals surface area (Å²) in [7, 11) is 0. The topological polar surface area (TPSA) is 91.1 Å². The molecule has 4 N–H and O–H groups in total. The first kappa shape index (κ1) is 14.6. The number of amides is 2. The van der Waals surface area contributed by atoms with Crippen molar-refractivity contribution in [2.45, 2.75) is 0 Å². The van der Waals surface area contributed by atoms with Gasteiger partial charge in [0.1, 0.15) is 11.4 Å². The molecule has 0 aliphatic carbocycles. The Balaban J connectivity index is 2.36. The van der Waals surface area contributed by atoms with E-state index in [9.17, 15) is 9.59 Å². The van der Waals surface area contributed by atoms with E-state index in [1.807, 2.05) is 48.5 Å². The highest BCUT2D eigenvalue weighted by Crippen LogP contribution is 2.29. The van der Waals surface area contributed by atoms with E-state index in [1.165, 1.54) is 4.57 Å². The lowest BCUT2D eigenvalue weighted by Crippen LogP contribution is -2.21. The maximum atomic E-state index is 12.1. The lowest BCUT2D eigenvalue weighted by molar-refractivity contribution is 0.0991. The first-order valence-electron chi connectivity index (χ1n) is 7.06. The molecule has 0 atom stereocenters. The molecule has 2 aromatic carbocycles. The number of hydrogen-bond donors (Lipinski definition) is 2. The lowest BCUT2D eigenvalue weighted by Gasteiger charge is -2.11. The van der Waals surface area contributed by atoms with Gasteiger partial charge < -0.3 is 16.0 Å². The van der Waals surface area contributed by atoms with Gasteiger partial charge in [0.25, 0.3) is 11.8 Å². The fraction of sp³-hybridized carbons (Fsp3) is 0. The lowest BCUT2D eigenvalue weighted by atomic mass is 10.1. The number of para-hydroxylation sites is 1. The summed E-state index contributed by atoms with van der Waals surface area (Å²) in [5, 5.41) is 0. The average molecular weight is 305 g/mol. The Morgan fingerprint density at radius 1 is 0.783 bits per heavy atom. The van der Waals surface area contributed by atoms with Crippen molar-refractivity contribution in [2.24, 2.45) is 11.5 Å². The molecule has 3 rings (SSSR count). The summed E-state index contributed by atoms with van der Waals surface area (Å²) in [6.07, 6.45) is 0. The molecule has 0 saturated carbocycles. The third kappa shape index (κ3) is 2.60. The van der Waals surface area contributed by atoms with Crippen molar-refractivity contribution in [3.8, 4) is 16.8 Å². The predicted octanol–water partition coefficient (Wildman–Crippen LogP) is 2.34. The summed E-state index contributed by atoms with van der Waals surface area (Å²) in [5.74, 6) is -1.25. The second-order valence-electron chi connectivity index (χ2n) is 5.06. The predicted molar refractivity (Wildman–Crippen MR) is 88.2 cm³/mol. The normalized spacial score (nSPS) is 10.4. The van der Waals surface area contributed by atoms with Gasteiger partial charge in [-0.1, -0.05) is 48.5 Å². The van der Waals surface area contributed by atoms with Crippen LogP contribution in [0.4, 0.5) is 0 Å². The van der Waals surface area contributed by atoms with E-state index in [4.69, 9.17) is 11.5 Å². The Morgan fingerprint density at radius 2 is 1.35 bits per heavy atom. The van der Waals surface area contributed by atoms with Crippen LogP contribution in [-0.4, -0.2) is 16.4 Å². The molecule has 114 valence electrons. The smallest absolute Gasteiger partial charge is 0.266 e. The second kappa shape index (κ2) is 5.81. The number of benzene rings is 2. The zero-order chi connectivity index (χ0) is 16.4. The van der Waals surface area contributed by atoms with E-state index in [1.54, 1.807) is 18.2 Å². The number of rotatable bonds is 4. The number of primary amides is 2.